The van der Waals surface area contributed by atoms with Crippen molar-refractivity contribution in [2.45, 2.75) is 25.7 Å². The fourth-order valence-electron chi connectivity index (χ4n) is 2.04. The van der Waals surface area contributed by atoms with Gasteiger partial charge < -0.3 is 0 Å². The molecule has 0 N–H and O–H groups in total. The number of rotatable bonds is 2. The molecule has 15 heavy (non-hydrogen) atoms. The maximum Gasteiger partial charge on any atom is 0.0595 e. The van der Waals surface area contributed by atoms with E-state index in [0.717, 1.165) is 12.3 Å². The molecule has 0 saturated heterocycles. The minimum absolute atomic E-state index is 0.643. The highest BCUT2D eigenvalue weighted by Crippen LogP contribution is 2.27. The Labute approximate surface area is 101 Å². The van der Waals surface area contributed by atoms with Crippen LogP contribution in [0.25, 0.3) is 0 Å². The SMILES string of the molecule is Clc1ccc(C[C@@H]2CC=CCC2)cc1Cl. The molecule has 80 valence electrons. The Morgan fingerprint density at radius 3 is 2.67 bits per heavy atom. The predicted molar refractivity (Wildman–Crippen MR) is 66.6 cm³/mol. The molecule has 1 aliphatic carbocycles. The molecule has 1 aliphatic rings. The maximum atomic E-state index is 5.99. The summed E-state index contributed by atoms with van der Waals surface area (Å²) in [4.78, 5) is 0. The second kappa shape index (κ2) is 5.05. The molecule has 0 bridgehead atoms. The summed E-state index contributed by atoms with van der Waals surface area (Å²) >= 11 is 11.9. The number of halogens is 2. The minimum Gasteiger partial charge on any atom is -0.0885 e. The monoisotopic (exact) mass is 240 g/mol. The lowest BCUT2D eigenvalue weighted by Gasteiger charge is -2.17. The Kier molecular flexibility index (Phi) is 3.71. The normalized spacial score (nSPS) is 20.5. The first-order valence-corrected chi connectivity index (χ1v) is 6.10. The lowest BCUT2D eigenvalue weighted by Crippen LogP contribution is -2.06. The van der Waals surface area contributed by atoms with Gasteiger partial charge in [-0.1, -0.05) is 41.4 Å². The van der Waals surface area contributed by atoms with Crippen molar-refractivity contribution >= 4 is 23.2 Å². The smallest absolute Gasteiger partial charge is 0.0595 e. The van der Waals surface area contributed by atoms with Crippen LogP contribution in [-0.4, -0.2) is 0 Å². The molecule has 2 heteroatoms. The van der Waals surface area contributed by atoms with Crippen molar-refractivity contribution in [2.75, 3.05) is 0 Å². The Morgan fingerprint density at radius 2 is 2.00 bits per heavy atom. The summed E-state index contributed by atoms with van der Waals surface area (Å²) in [5, 5.41) is 1.31. The highest BCUT2D eigenvalue weighted by atomic mass is 35.5. The number of benzene rings is 1. The summed E-state index contributed by atoms with van der Waals surface area (Å²) in [6.07, 6.45) is 9.36. The van der Waals surface area contributed by atoms with E-state index in [0.29, 0.717) is 10.0 Å². The lowest BCUT2D eigenvalue weighted by atomic mass is 9.89. The Bertz CT molecular complexity index is 369. The molecule has 0 amide bonds. The topological polar surface area (TPSA) is 0 Å². The third kappa shape index (κ3) is 2.99. The average molecular weight is 241 g/mol. The van der Waals surface area contributed by atoms with Crippen molar-refractivity contribution in [3.05, 3.63) is 46.0 Å². The second-order valence-electron chi connectivity index (χ2n) is 4.10. The van der Waals surface area contributed by atoms with Crippen LogP contribution in [0.4, 0.5) is 0 Å². The standard InChI is InChI=1S/C13H14Cl2/c14-12-7-6-11(9-13(12)15)8-10-4-2-1-3-5-10/h1-2,6-7,9-10H,3-5,8H2/t10-/m1/s1. The van der Waals surface area contributed by atoms with E-state index in [1.54, 1.807) is 0 Å². The van der Waals surface area contributed by atoms with E-state index in [4.69, 9.17) is 23.2 Å². The molecule has 0 fully saturated rings. The fourth-order valence-corrected chi connectivity index (χ4v) is 2.36. The van der Waals surface area contributed by atoms with E-state index in [2.05, 4.69) is 18.2 Å². The van der Waals surface area contributed by atoms with Gasteiger partial charge in [0, 0.05) is 0 Å². The van der Waals surface area contributed by atoms with Gasteiger partial charge in [0.05, 0.1) is 10.0 Å². The van der Waals surface area contributed by atoms with E-state index in [9.17, 15) is 0 Å². The Hall–Kier alpha value is -0.460. The molecule has 1 aromatic rings. The largest absolute Gasteiger partial charge is 0.0885 e. The number of hydrogen-bond acceptors (Lipinski definition) is 0. The minimum atomic E-state index is 0.643. The second-order valence-corrected chi connectivity index (χ2v) is 4.92. The van der Waals surface area contributed by atoms with Gasteiger partial charge in [-0.05, 0) is 49.3 Å². The van der Waals surface area contributed by atoms with Crippen LogP contribution in [0.2, 0.25) is 10.0 Å². The van der Waals surface area contributed by atoms with Crippen LogP contribution in [-0.2, 0) is 6.42 Å². The maximum absolute atomic E-state index is 5.99. The van der Waals surface area contributed by atoms with Crippen LogP contribution in [0.3, 0.4) is 0 Å². The Balaban J connectivity index is 2.04. The molecule has 0 aromatic heterocycles. The van der Waals surface area contributed by atoms with Crippen LogP contribution in [0.15, 0.2) is 30.4 Å². The van der Waals surface area contributed by atoms with E-state index in [1.165, 1.54) is 24.8 Å². The molecular formula is C13H14Cl2. The summed E-state index contributed by atoms with van der Waals surface area (Å²) in [5.74, 6) is 0.771. The lowest BCUT2D eigenvalue weighted by molar-refractivity contribution is 0.477. The summed E-state index contributed by atoms with van der Waals surface area (Å²) in [6.45, 7) is 0. The summed E-state index contributed by atoms with van der Waals surface area (Å²) in [7, 11) is 0. The molecule has 2 rings (SSSR count). The van der Waals surface area contributed by atoms with Gasteiger partial charge in [-0.25, -0.2) is 0 Å². The average Bonchev–Trinajstić information content (AvgIpc) is 2.25. The van der Waals surface area contributed by atoms with Crippen LogP contribution >= 0.6 is 23.2 Å². The van der Waals surface area contributed by atoms with E-state index < -0.39 is 0 Å². The summed E-state index contributed by atoms with van der Waals surface area (Å²) in [5.41, 5.74) is 1.30. The molecule has 1 atom stereocenters. The van der Waals surface area contributed by atoms with Crippen molar-refractivity contribution in [1.82, 2.24) is 0 Å². The van der Waals surface area contributed by atoms with Gasteiger partial charge in [0.25, 0.3) is 0 Å². The van der Waals surface area contributed by atoms with Gasteiger partial charge in [-0.15, -0.1) is 0 Å². The van der Waals surface area contributed by atoms with E-state index in [-0.39, 0.29) is 0 Å². The van der Waals surface area contributed by atoms with Crippen LogP contribution < -0.4 is 0 Å². The highest BCUT2D eigenvalue weighted by molar-refractivity contribution is 6.42. The number of hydrogen-bond donors (Lipinski definition) is 0. The summed E-state index contributed by atoms with van der Waals surface area (Å²) < 4.78 is 0. The molecule has 0 unspecified atom stereocenters. The van der Waals surface area contributed by atoms with Crippen LogP contribution in [0.1, 0.15) is 24.8 Å². The molecular weight excluding hydrogens is 227 g/mol. The van der Waals surface area contributed by atoms with Crippen LogP contribution in [0.5, 0.6) is 0 Å². The van der Waals surface area contributed by atoms with E-state index in [1.807, 2.05) is 12.1 Å². The van der Waals surface area contributed by atoms with Crippen molar-refractivity contribution in [3.8, 4) is 0 Å². The molecule has 0 aliphatic heterocycles. The van der Waals surface area contributed by atoms with Gasteiger partial charge in [0.1, 0.15) is 0 Å². The zero-order valence-corrected chi connectivity index (χ0v) is 10.1. The van der Waals surface area contributed by atoms with Gasteiger partial charge in [0.15, 0.2) is 0 Å². The first-order valence-electron chi connectivity index (χ1n) is 5.34. The fraction of sp³-hybridized carbons (Fsp3) is 0.385. The molecule has 0 heterocycles. The van der Waals surface area contributed by atoms with Crippen LogP contribution in [0, 0.1) is 5.92 Å². The van der Waals surface area contributed by atoms with Gasteiger partial charge >= 0.3 is 0 Å². The number of allylic oxidation sites excluding steroid dienone is 2. The molecule has 0 saturated carbocycles. The van der Waals surface area contributed by atoms with Gasteiger partial charge in [0.2, 0.25) is 0 Å². The van der Waals surface area contributed by atoms with Crippen molar-refractivity contribution in [3.63, 3.8) is 0 Å². The third-order valence-electron chi connectivity index (χ3n) is 2.89. The highest BCUT2D eigenvalue weighted by Gasteiger charge is 2.11. The quantitative estimate of drug-likeness (QED) is 0.646. The molecule has 0 spiro atoms. The molecule has 0 nitrogen and oxygen atoms in total. The first-order chi connectivity index (χ1) is 7.25. The molecule has 1 aromatic carbocycles. The van der Waals surface area contributed by atoms with Gasteiger partial charge in [-0.3, -0.25) is 0 Å². The zero-order valence-electron chi connectivity index (χ0n) is 8.55. The summed E-state index contributed by atoms with van der Waals surface area (Å²) in [6, 6.07) is 5.95. The zero-order chi connectivity index (χ0) is 10.7. The van der Waals surface area contributed by atoms with Crippen molar-refractivity contribution in [1.29, 1.82) is 0 Å². The third-order valence-corrected chi connectivity index (χ3v) is 3.63. The molecule has 0 radical (unpaired) electrons. The van der Waals surface area contributed by atoms with Gasteiger partial charge in [-0.2, -0.15) is 0 Å². The van der Waals surface area contributed by atoms with Crippen molar-refractivity contribution in [2.24, 2.45) is 5.92 Å². The predicted octanol–water partition coefficient (Wildman–Crippen LogP) is 4.89. The first kappa shape index (κ1) is 11.0. The van der Waals surface area contributed by atoms with Crippen molar-refractivity contribution < 1.29 is 0 Å². The Morgan fingerprint density at radius 1 is 1.13 bits per heavy atom. The van der Waals surface area contributed by atoms with E-state index >= 15 is 0 Å².